The number of methoxy groups -OCH3 is 1. The van der Waals surface area contributed by atoms with Crippen molar-refractivity contribution in [1.82, 2.24) is 15.1 Å². The van der Waals surface area contributed by atoms with E-state index in [1.807, 2.05) is 13.0 Å². The number of ether oxygens (including phenoxy) is 1. The number of likely N-dealkylation sites (N-methyl/N-ethyl adjacent to an activating group) is 1. The Morgan fingerprint density at radius 2 is 1.83 bits per heavy atom. The molecule has 0 amide bonds. The van der Waals surface area contributed by atoms with Crippen LogP contribution >= 0.6 is 0 Å². The number of piperazine rings is 1. The monoisotopic (exact) mass is 312 g/mol. The second-order valence-electron chi connectivity index (χ2n) is 6.07. The molecule has 1 unspecified atom stereocenters. The molecule has 0 spiro atoms. The van der Waals surface area contributed by atoms with E-state index in [0.29, 0.717) is 0 Å². The summed E-state index contributed by atoms with van der Waals surface area (Å²) in [6.45, 7) is 6.19. The Morgan fingerprint density at radius 3 is 2.48 bits per heavy atom. The molecule has 0 radical (unpaired) electrons. The van der Waals surface area contributed by atoms with Gasteiger partial charge >= 0.3 is 0 Å². The summed E-state index contributed by atoms with van der Waals surface area (Å²) in [4.78, 5) is 4.63. The zero-order valence-electron chi connectivity index (χ0n) is 14.1. The van der Waals surface area contributed by atoms with Crippen LogP contribution in [0.3, 0.4) is 0 Å². The van der Waals surface area contributed by atoms with Gasteiger partial charge in [-0.25, -0.2) is 0 Å². The highest BCUT2D eigenvalue weighted by atomic mass is 16.5. The van der Waals surface area contributed by atoms with Gasteiger partial charge in [-0.15, -0.1) is 10.2 Å². The van der Waals surface area contributed by atoms with Gasteiger partial charge in [-0.3, -0.25) is 0 Å². The lowest BCUT2D eigenvalue weighted by molar-refractivity contribution is 0.119. The molecule has 122 valence electrons. The first kappa shape index (κ1) is 15.9. The van der Waals surface area contributed by atoms with Gasteiger partial charge in [0.05, 0.1) is 11.8 Å². The number of hydrogen-bond donors (Lipinski definition) is 0. The van der Waals surface area contributed by atoms with Crippen LogP contribution in [0.1, 0.15) is 18.6 Å². The van der Waals surface area contributed by atoms with Crippen molar-refractivity contribution in [2.45, 2.75) is 13.0 Å². The summed E-state index contributed by atoms with van der Waals surface area (Å²) in [5.41, 5.74) is 3.12. The van der Waals surface area contributed by atoms with Crippen LogP contribution in [-0.4, -0.2) is 55.4 Å². The lowest BCUT2D eigenvalue weighted by Crippen LogP contribution is -2.44. The van der Waals surface area contributed by atoms with Gasteiger partial charge in [0.25, 0.3) is 0 Å². The second kappa shape index (κ2) is 7.06. The van der Waals surface area contributed by atoms with Crippen LogP contribution in [0.5, 0.6) is 0 Å². The van der Waals surface area contributed by atoms with E-state index in [0.717, 1.165) is 48.8 Å². The first-order chi connectivity index (χ1) is 11.2. The van der Waals surface area contributed by atoms with Crippen molar-refractivity contribution >= 4 is 5.82 Å². The fourth-order valence-electron chi connectivity index (χ4n) is 2.77. The van der Waals surface area contributed by atoms with Crippen LogP contribution in [0.15, 0.2) is 36.4 Å². The average Bonchev–Trinajstić information content (AvgIpc) is 2.62. The van der Waals surface area contributed by atoms with Crippen LogP contribution in [0.25, 0.3) is 11.3 Å². The SMILES string of the molecule is COC(C)c1cccc(-c2ccc(N3CCN(C)CC3)nn2)c1. The number of anilines is 1. The highest BCUT2D eigenvalue weighted by Gasteiger charge is 2.15. The van der Waals surface area contributed by atoms with E-state index in [9.17, 15) is 0 Å². The Labute approximate surface area is 137 Å². The van der Waals surface area contributed by atoms with Gasteiger partial charge in [-0.1, -0.05) is 18.2 Å². The van der Waals surface area contributed by atoms with Gasteiger partial charge < -0.3 is 14.5 Å². The maximum atomic E-state index is 5.39. The highest BCUT2D eigenvalue weighted by Crippen LogP contribution is 2.24. The minimum Gasteiger partial charge on any atom is -0.377 e. The minimum atomic E-state index is 0.0764. The first-order valence-corrected chi connectivity index (χ1v) is 8.07. The molecule has 1 atom stereocenters. The third kappa shape index (κ3) is 3.68. The number of aromatic nitrogens is 2. The Morgan fingerprint density at radius 1 is 1.04 bits per heavy atom. The summed E-state index contributed by atoms with van der Waals surface area (Å²) in [6.07, 6.45) is 0.0764. The van der Waals surface area contributed by atoms with Gasteiger partial charge in [-0.2, -0.15) is 0 Å². The van der Waals surface area contributed by atoms with Crippen molar-refractivity contribution < 1.29 is 4.74 Å². The van der Waals surface area contributed by atoms with Crippen LogP contribution in [0, 0.1) is 0 Å². The van der Waals surface area contributed by atoms with E-state index in [-0.39, 0.29) is 6.10 Å². The Kier molecular flexibility index (Phi) is 4.88. The number of hydrogen-bond acceptors (Lipinski definition) is 5. The molecule has 2 heterocycles. The van der Waals surface area contributed by atoms with E-state index in [1.54, 1.807) is 7.11 Å². The van der Waals surface area contributed by atoms with Gasteiger partial charge in [0.1, 0.15) is 0 Å². The largest absolute Gasteiger partial charge is 0.377 e. The molecule has 0 aliphatic carbocycles. The summed E-state index contributed by atoms with van der Waals surface area (Å²) < 4.78 is 5.39. The fourth-order valence-corrected chi connectivity index (χ4v) is 2.77. The van der Waals surface area contributed by atoms with Crippen LogP contribution in [0.2, 0.25) is 0 Å². The molecule has 1 aromatic heterocycles. The fraction of sp³-hybridized carbons (Fsp3) is 0.444. The molecular formula is C18H24N4O. The summed E-state index contributed by atoms with van der Waals surface area (Å²) >= 11 is 0. The molecule has 1 aliphatic rings. The van der Waals surface area contributed by atoms with Crippen molar-refractivity contribution in [2.75, 3.05) is 45.2 Å². The van der Waals surface area contributed by atoms with Crippen molar-refractivity contribution in [3.63, 3.8) is 0 Å². The lowest BCUT2D eigenvalue weighted by Gasteiger charge is -2.32. The molecule has 0 bridgehead atoms. The summed E-state index contributed by atoms with van der Waals surface area (Å²) in [7, 11) is 3.88. The molecule has 5 nitrogen and oxygen atoms in total. The molecule has 1 aliphatic heterocycles. The third-order valence-corrected chi connectivity index (χ3v) is 4.48. The number of nitrogens with zero attached hydrogens (tertiary/aromatic N) is 4. The van der Waals surface area contributed by atoms with Gasteiger partial charge in [0.2, 0.25) is 0 Å². The lowest BCUT2D eigenvalue weighted by atomic mass is 10.0. The molecule has 2 aromatic rings. The number of rotatable bonds is 4. The average molecular weight is 312 g/mol. The highest BCUT2D eigenvalue weighted by molar-refractivity contribution is 5.60. The Hall–Kier alpha value is -1.98. The van der Waals surface area contributed by atoms with Crippen molar-refractivity contribution in [3.8, 4) is 11.3 Å². The van der Waals surface area contributed by atoms with Crippen molar-refractivity contribution in [1.29, 1.82) is 0 Å². The van der Waals surface area contributed by atoms with Crippen LogP contribution in [-0.2, 0) is 4.74 Å². The zero-order valence-corrected chi connectivity index (χ0v) is 14.1. The first-order valence-electron chi connectivity index (χ1n) is 8.07. The van der Waals surface area contributed by atoms with Crippen molar-refractivity contribution in [2.24, 2.45) is 0 Å². The summed E-state index contributed by atoms with van der Waals surface area (Å²) in [5, 5.41) is 8.85. The Balaban J connectivity index is 1.77. The molecule has 1 aromatic carbocycles. The van der Waals surface area contributed by atoms with E-state index >= 15 is 0 Å². The molecule has 0 saturated carbocycles. The normalized spacial score (nSPS) is 17.3. The predicted octanol–water partition coefficient (Wildman–Crippen LogP) is 2.60. The maximum absolute atomic E-state index is 5.39. The number of benzene rings is 1. The molecule has 5 heteroatoms. The summed E-state index contributed by atoms with van der Waals surface area (Å²) in [5.74, 6) is 0.961. The quantitative estimate of drug-likeness (QED) is 0.868. The van der Waals surface area contributed by atoms with E-state index in [2.05, 4.69) is 57.4 Å². The molecule has 1 saturated heterocycles. The van der Waals surface area contributed by atoms with Crippen LogP contribution in [0.4, 0.5) is 5.82 Å². The minimum absolute atomic E-state index is 0.0764. The third-order valence-electron chi connectivity index (χ3n) is 4.48. The van der Waals surface area contributed by atoms with Crippen molar-refractivity contribution in [3.05, 3.63) is 42.0 Å². The van der Waals surface area contributed by atoms with E-state index in [4.69, 9.17) is 4.74 Å². The standard InChI is InChI=1S/C18H24N4O/c1-14(23-3)15-5-4-6-16(13-15)17-7-8-18(20-19-17)22-11-9-21(2)10-12-22/h4-8,13-14H,9-12H2,1-3H3. The molecule has 0 N–H and O–H groups in total. The van der Waals surface area contributed by atoms with Crippen LogP contribution < -0.4 is 4.90 Å². The van der Waals surface area contributed by atoms with Gasteiger partial charge in [-0.05, 0) is 37.7 Å². The second-order valence-corrected chi connectivity index (χ2v) is 6.07. The molecule has 3 rings (SSSR count). The van der Waals surface area contributed by atoms with E-state index < -0.39 is 0 Å². The molecular weight excluding hydrogens is 288 g/mol. The summed E-state index contributed by atoms with van der Waals surface area (Å²) in [6, 6.07) is 12.4. The van der Waals surface area contributed by atoms with E-state index in [1.165, 1.54) is 0 Å². The Bertz CT molecular complexity index is 636. The predicted molar refractivity (Wildman–Crippen MR) is 92.6 cm³/mol. The molecule has 23 heavy (non-hydrogen) atoms. The topological polar surface area (TPSA) is 41.5 Å². The van der Waals surface area contributed by atoms with Gasteiger partial charge in [0, 0.05) is 38.9 Å². The smallest absolute Gasteiger partial charge is 0.151 e. The maximum Gasteiger partial charge on any atom is 0.151 e. The molecule has 1 fully saturated rings. The van der Waals surface area contributed by atoms with Gasteiger partial charge in [0.15, 0.2) is 5.82 Å². The zero-order chi connectivity index (χ0) is 16.2.